The van der Waals surface area contributed by atoms with Crippen molar-refractivity contribution in [3.63, 3.8) is 0 Å². The number of fused-ring (bicyclic) bond motifs is 2. The number of aromatic nitrogens is 4. The van der Waals surface area contributed by atoms with E-state index in [2.05, 4.69) is 32.3 Å². The molecule has 0 radical (unpaired) electrons. The molecule has 0 bridgehead atoms. The maximum Gasteiger partial charge on any atom is 0.322 e. The van der Waals surface area contributed by atoms with Crippen LogP contribution in [0, 0.1) is 0 Å². The van der Waals surface area contributed by atoms with E-state index in [1.165, 1.54) is 12.1 Å². The summed E-state index contributed by atoms with van der Waals surface area (Å²) in [6.45, 7) is 2.09. The lowest BCUT2D eigenvalue weighted by Crippen LogP contribution is -2.37. The van der Waals surface area contributed by atoms with Gasteiger partial charge in [0.1, 0.15) is 17.6 Å². The Morgan fingerprint density at radius 3 is 2.72 bits per heavy atom. The summed E-state index contributed by atoms with van der Waals surface area (Å²) >= 11 is 6.30. The van der Waals surface area contributed by atoms with Crippen molar-refractivity contribution in [3.8, 4) is 16.9 Å². The number of hydrogen-bond acceptors (Lipinski definition) is 7. The number of carboxylic acids is 1. The number of nitrogens with zero attached hydrogens (tertiary/aromatic N) is 6. The molecular formula is C27H29ClN8O3. The van der Waals surface area contributed by atoms with E-state index in [-0.39, 0.29) is 34.7 Å². The number of benzene rings is 1. The number of nitrogens with two attached hydrogens (primary N) is 1. The zero-order chi connectivity index (χ0) is 27.4. The highest BCUT2D eigenvalue weighted by molar-refractivity contribution is 6.33. The van der Waals surface area contributed by atoms with Gasteiger partial charge in [-0.05, 0) is 37.5 Å². The number of carbonyl (C=O) groups is 1. The van der Waals surface area contributed by atoms with Gasteiger partial charge in [0.25, 0.3) is 0 Å². The summed E-state index contributed by atoms with van der Waals surface area (Å²) < 4.78 is 3.54. The zero-order valence-electron chi connectivity index (χ0n) is 21.5. The third-order valence-corrected chi connectivity index (χ3v) is 7.98. The van der Waals surface area contributed by atoms with Crippen molar-refractivity contribution in [1.29, 1.82) is 0 Å². The van der Waals surface area contributed by atoms with Gasteiger partial charge in [0.15, 0.2) is 0 Å². The predicted molar refractivity (Wildman–Crippen MR) is 149 cm³/mol. The number of hydrogen-bond donors (Lipinski definition) is 4. The fourth-order valence-electron chi connectivity index (χ4n) is 5.78. The van der Waals surface area contributed by atoms with Crippen LogP contribution < -0.4 is 11.1 Å². The van der Waals surface area contributed by atoms with Gasteiger partial charge >= 0.3 is 5.97 Å². The number of phenolic OH excluding ortho intramolecular Hbond substituents is 1. The lowest BCUT2D eigenvalue weighted by Gasteiger charge is -2.31. The Kier molecular flexibility index (Phi) is 6.19. The van der Waals surface area contributed by atoms with Crippen molar-refractivity contribution in [2.45, 2.75) is 50.4 Å². The second kappa shape index (κ2) is 9.58. The first-order valence-corrected chi connectivity index (χ1v) is 13.2. The molecule has 6 rings (SSSR count). The molecule has 12 heteroatoms. The van der Waals surface area contributed by atoms with Crippen molar-refractivity contribution in [1.82, 2.24) is 24.3 Å². The first-order chi connectivity index (χ1) is 18.7. The highest BCUT2D eigenvalue weighted by Gasteiger charge is 2.58. The maximum atomic E-state index is 11.8. The number of rotatable bonds is 7. The molecule has 0 saturated carbocycles. The number of nitrogens with one attached hydrogen (secondary N) is 1. The Morgan fingerprint density at radius 2 is 2.03 bits per heavy atom. The Bertz CT molecular complexity index is 1610. The van der Waals surface area contributed by atoms with E-state index in [0.717, 1.165) is 35.2 Å². The van der Waals surface area contributed by atoms with Crippen LogP contribution in [0.25, 0.3) is 16.6 Å². The molecule has 11 nitrogen and oxygen atoms in total. The Balaban J connectivity index is 1.42. The van der Waals surface area contributed by atoms with E-state index in [4.69, 9.17) is 17.3 Å². The fourth-order valence-corrected chi connectivity index (χ4v) is 6.00. The van der Waals surface area contributed by atoms with Gasteiger partial charge in [-0.3, -0.25) is 14.4 Å². The highest BCUT2D eigenvalue weighted by atomic mass is 35.5. The molecule has 5 N–H and O–H groups in total. The van der Waals surface area contributed by atoms with E-state index in [1.54, 1.807) is 27.7 Å². The molecule has 4 aromatic rings. The molecule has 39 heavy (non-hydrogen) atoms. The summed E-state index contributed by atoms with van der Waals surface area (Å²) in [6, 6.07) is 6.35. The molecule has 2 aliphatic heterocycles. The molecule has 202 valence electrons. The van der Waals surface area contributed by atoms with Crippen molar-refractivity contribution in [2.24, 2.45) is 17.8 Å². The van der Waals surface area contributed by atoms with Crippen molar-refractivity contribution in [2.75, 3.05) is 5.32 Å². The van der Waals surface area contributed by atoms with E-state index in [9.17, 15) is 15.0 Å². The number of piperidine rings is 1. The van der Waals surface area contributed by atoms with Gasteiger partial charge in [-0.15, -0.1) is 0 Å². The second-order valence-corrected chi connectivity index (χ2v) is 10.6. The van der Waals surface area contributed by atoms with Crippen molar-refractivity contribution >= 4 is 40.3 Å². The van der Waals surface area contributed by atoms with Crippen LogP contribution >= 0.6 is 11.6 Å². The van der Waals surface area contributed by atoms with E-state index in [1.807, 2.05) is 25.5 Å². The predicted octanol–water partition coefficient (Wildman–Crippen LogP) is 3.62. The highest BCUT2D eigenvalue weighted by Crippen LogP contribution is 2.43. The smallest absolute Gasteiger partial charge is 0.322 e. The molecule has 5 heterocycles. The number of aromatic hydroxyl groups is 1. The van der Waals surface area contributed by atoms with Crippen LogP contribution in [0.4, 0.5) is 11.4 Å². The molecule has 0 amide bonds. The molecule has 0 spiro atoms. The normalized spacial score (nSPS) is 24.5. The standard InChI is InChI=1S/C27H29ClN8O3/c1-3-17-7-16(8-23-25(27(38)39)36(17)23)32-24-19(26(29)33-21-5-4-18(37)9-20(21)28)11-31-35-13-14(6-22(24)35)15-10-30-34(2)12-15/h4-6,9-13,16-17,23,25,32,37H,3,7-8H2,1-2H3,(H2,29,33)(H,38,39). The summed E-state index contributed by atoms with van der Waals surface area (Å²) in [6.07, 6.45) is 9.72. The van der Waals surface area contributed by atoms with Gasteiger partial charge in [0.2, 0.25) is 0 Å². The first-order valence-electron chi connectivity index (χ1n) is 12.8. The quantitative estimate of drug-likeness (QED) is 0.156. The Hall–Kier alpha value is -4.09. The van der Waals surface area contributed by atoms with Crippen LogP contribution in [0.1, 0.15) is 31.7 Å². The minimum absolute atomic E-state index is 0.0135. The largest absolute Gasteiger partial charge is 0.508 e. The fraction of sp³-hybridized carbons (Fsp3) is 0.333. The molecule has 0 aliphatic carbocycles. The van der Waals surface area contributed by atoms with Crippen LogP contribution in [0.2, 0.25) is 5.02 Å². The first kappa shape index (κ1) is 25.2. The number of amidine groups is 1. The third kappa shape index (κ3) is 4.57. The maximum absolute atomic E-state index is 11.8. The molecule has 2 fully saturated rings. The molecule has 1 aromatic carbocycles. The van der Waals surface area contributed by atoms with Crippen molar-refractivity contribution in [3.05, 3.63) is 59.6 Å². The minimum atomic E-state index is -0.763. The van der Waals surface area contributed by atoms with Crippen LogP contribution in [0.5, 0.6) is 5.75 Å². The topological polar surface area (TPSA) is 146 Å². The van der Waals surface area contributed by atoms with E-state index in [0.29, 0.717) is 17.7 Å². The molecule has 2 aliphatic rings. The van der Waals surface area contributed by atoms with Gasteiger partial charge in [-0.2, -0.15) is 10.2 Å². The van der Waals surface area contributed by atoms with Gasteiger partial charge in [0, 0.05) is 54.8 Å². The third-order valence-electron chi connectivity index (χ3n) is 7.68. The molecule has 2 saturated heterocycles. The Labute approximate surface area is 229 Å². The average Bonchev–Trinajstić information content (AvgIpc) is 3.21. The SMILES string of the molecule is CCC1CC(Nc2c(C(N)=Nc3ccc(O)cc3Cl)cnn3cc(-c4cnn(C)c4)cc23)CC2C(C(=O)O)N12. The molecule has 3 aromatic heterocycles. The van der Waals surface area contributed by atoms with Crippen LogP contribution in [0.15, 0.2) is 54.0 Å². The summed E-state index contributed by atoms with van der Waals surface area (Å²) in [7, 11) is 1.87. The average molecular weight is 549 g/mol. The lowest BCUT2D eigenvalue weighted by atomic mass is 9.96. The van der Waals surface area contributed by atoms with Crippen molar-refractivity contribution < 1.29 is 15.0 Å². The van der Waals surface area contributed by atoms with Crippen LogP contribution in [0.3, 0.4) is 0 Å². The van der Waals surface area contributed by atoms with Gasteiger partial charge in [-0.25, -0.2) is 9.51 Å². The number of halogens is 1. The molecule has 5 unspecified atom stereocenters. The number of aliphatic carboxylic acids is 1. The van der Waals surface area contributed by atoms with E-state index < -0.39 is 12.0 Å². The van der Waals surface area contributed by atoms with Crippen LogP contribution in [-0.4, -0.2) is 70.5 Å². The summed E-state index contributed by atoms with van der Waals surface area (Å²) in [5.74, 6) is -0.514. The minimum Gasteiger partial charge on any atom is -0.508 e. The second-order valence-electron chi connectivity index (χ2n) is 10.2. The summed E-state index contributed by atoms with van der Waals surface area (Å²) in [4.78, 5) is 18.5. The number of aryl methyl sites for hydroxylation is 1. The molecular weight excluding hydrogens is 520 g/mol. The van der Waals surface area contributed by atoms with Crippen LogP contribution in [-0.2, 0) is 11.8 Å². The van der Waals surface area contributed by atoms with Gasteiger partial charge < -0.3 is 21.3 Å². The zero-order valence-corrected chi connectivity index (χ0v) is 22.2. The monoisotopic (exact) mass is 548 g/mol. The van der Waals surface area contributed by atoms with Gasteiger partial charge in [-0.1, -0.05) is 18.5 Å². The number of anilines is 1. The lowest BCUT2D eigenvalue weighted by molar-refractivity contribution is -0.137. The van der Waals surface area contributed by atoms with E-state index >= 15 is 0 Å². The Morgan fingerprint density at radius 1 is 1.21 bits per heavy atom. The summed E-state index contributed by atoms with van der Waals surface area (Å²) in [5.41, 5.74) is 11.0. The molecule has 5 atom stereocenters. The van der Waals surface area contributed by atoms with Gasteiger partial charge in [0.05, 0.1) is 39.9 Å². The number of carboxylic acid groups (broad SMARTS) is 1. The number of aliphatic imine (C=N–C) groups is 1. The number of phenols is 1. The summed E-state index contributed by atoms with van der Waals surface area (Å²) in [5, 5.41) is 32.3.